The Kier molecular flexibility index (Phi) is 5.61. The lowest BCUT2D eigenvalue weighted by molar-refractivity contribution is 0.289. The number of oxime groups is 1. The molecule has 0 saturated carbocycles. The van der Waals surface area contributed by atoms with Crippen LogP contribution in [0.1, 0.15) is 18.9 Å². The van der Waals surface area contributed by atoms with Crippen LogP contribution in [0.3, 0.4) is 0 Å². The molecule has 0 spiro atoms. The molecule has 94 valence electrons. The number of thioether (sulfide) groups is 1. The van der Waals surface area contributed by atoms with Crippen molar-refractivity contribution >= 4 is 29.2 Å². The van der Waals surface area contributed by atoms with Crippen LogP contribution in [0.4, 0.5) is 0 Å². The van der Waals surface area contributed by atoms with Crippen LogP contribution >= 0.6 is 23.4 Å². The summed E-state index contributed by atoms with van der Waals surface area (Å²) in [7, 11) is 0. The van der Waals surface area contributed by atoms with Gasteiger partial charge in [0.05, 0.1) is 0 Å². The largest absolute Gasteiger partial charge is 0.409 e. The molecule has 0 aliphatic heterocycles. The lowest BCUT2D eigenvalue weighted by Crippen LogP contribution is -2.15. The third-order valence-electron chi connectivity index (χ3n) is 2.19. The van der Waals surface area contributed by atoms with Gasteiger partial charge < -0.3 is 16.0 Å². The molecule has 0 aliphatic carbocycles. The van der Waals surface area contributed by atoms with E-state index < -0.39 is 0 Å². The van der Waals surface area contributed by atoms with Gasteiger partial charge in [-0.05, 0) is 24.6 Å². The van der Waals surface area contributed by atoms with Crippen molar-refractivity contribution in [1.29, 1.82) is 0 Å². The molecule has 1 atom stereocenters. The number of nitrogens with two attached hydrogens (primary N) is 1. The molecule has 0 saturated heterocycles. The van der Waals surface area contributed by atoms with Gasteiger partial charge in [0, 0.05) is 27.3 Å². The van der Waals surface area contributed by atoms with Gasteiger partial charge in [-0.1, -0.05) is 23.7 Å². The number of hydrogen-bond donors (Lipinski definition) is 3. The zero-order valence-corrected chi connectivity index (χ0v) is 11.0. The van der Waals surface area contributed by atoms with Crippen molar-refractivity contribution in [3.8, 4) is 0 Å². The van der Waals surface area contributed by atoms with Crippen molar-refractivity contribution in [3.63, 3.8) is 0 Å². The predicted molar refractivity (Wildman–Crippen MR) is 71.0 cm³/mol. The van der Waals surface area contributed by atoms with Gasteiger partial charge in [0.25, 0.3) is 0 Å². The Morgan fingerprint density at radius 1 is 1.59 bits per heavy atom. The smallest absolute Gasteiger partial charge is 0.171 e. The van der Waals surface area contributed by atoms with Gasteiger partial charge in [-0.2, -0.15) is 0 Å². The van der Waals surface area contributed by atoms with E-state index in [2.05, 4.69) is 5.16 Å². The van der Waals surface area contributed by atoms with Gasteiger partial charge in [0.1, 0.15) is 0 Å². The predicted octanol–water partition coefficient (Wildman–Crippen LogP) is 2.30. The Morgan fingerprint density at radius 2 is 2.29 bits per heavy atom. The van der Waals surface area contributed by atoms with Crippen molar-refractivity contribution in [2.45, 2.75) is 23.5 Å². The first kappa shape index (κ1) is 14.2. The number of aliphatic hydroxyl groups is 1. The number of halogens is 1. The zero-order chi connectivity index (χ0) is 12.8. The monoisotopic (exact) mass is 274 g/mol. The summed E-state index contributed by atoms with van der Waals surface area (Å²) in [6, 6.07) is 5.24. The second-order valence-electron chi connectivity index (χ2n) is 3.57. The topological polar surface area (TPSA) is 78.8 Å². The number of aliphatic hydroxyl groups excluding tert-OH is 1. The summed E-state index contributed by atoms with van der Waals surface area (Å²) in [5, 5.41) is 21.3. The van der Waals surface area contributed by atoms with Crippen molar-refractivity contribution in [2.75, 3.05) is 6.61 Å². The van der Waals surface area contributed by atoms with Gasteiger partial charge in [0.2, 0.25) is 0 Å². The van der Waals surface area contributed by atoms with Crippen molar-refractivity contribution in [3.05, 3.63) is 28.8 Å². The first-order chi connectivity index (χ1) is 8.08. The summed E-state index contributed by atoms with van der Waals surface area (Å²) in [6.07, 6.45) is 0.683. The van der Waals surface area contributed by atoms with Crippen LogP contribution in [0.25, 0.3) is 0 Å². The van der Waals surface area contributed by atoms with Gasteiger partial charge in [-0.3, -0.25) is 0 Å². The molecule has 4 nitrogen and oxygen atoms in total. The average molecular weight is 275 g/mol. The molecule has 1 rings (SSSR count). The highest BCUT2D eigenvalue weighted by Crippen LogP contribution is 2.30. The standard InChI is InChI=1S/C11H15ClN2O2S/c1-7(4-5-15)17-10-3-2-8(12)6-9(10)11(13)14-16/h2-3,6-7,15-16H,4-5H2,1H3,(H2,13,14). The second kappa shape index (κ2) is 6.74. The molecular formula is C11H15ClN2O2S. The third-order valence-corrected chi connectivity index (χ3v) is 3.67. The van der Waals surface area contributed by atoms with Crippen LogP contribution in [0.15, 0.2) is 28.3 Å². The highest BCUT2D eigenvalue weighted by atomic mass is 35.5. The number of amidine groups is 1. The molecule has 0 bridgehead atoms. The fourth-order valence-electron chi connectivity index (χ4n) is 1.32. The maximum atomic E-state index is 8.86. The Morgan fingerprint density at radius 3 is 2.88 bits per heavy atom. The minimum atomic E-state index is 0.0335. The van der Waals surface area contributed by atoms with E-state index in [0.29, 0.717) is 17.0 Å². The summed E-state index contributed by atoms with van der Waals surface area (Å²) < 4.78 is 0. The number of hydrogen-bond acceptors (Lipinski definition) is 4. The highest BCUT2D eigenvalue weighted by molar-refractivity contribution is 8.00. The van der Waals surface area contributed by atoms with Crippen LogP contribution in [0.5, 0.6) is 0 Å². The molecule has 1 unspecified atom stereocenters. The van der Waals surface area contributed by atoms with E-state index in [-0.39, 0.29) is 17.7 Å². The first-order valence-corrected chi connectivity index (χ1v) is 6.39. The first-order valence-electron chi connectivity index (χ1n) is 5.13. The summed E-state index contributed by atoms with van der Waals surface area (Å²) in [6.45, 7) is 2.15. The van der Waals surface area contributed by atoms with Crippen molar-refractivity contribution in [1.82, 2.24) is 0 Å². The van der Waals surface area contributed by atoms with Crippen LogP contribution in [-0.2, 0) is 0 Å². The number of rotatable bonds is 5. The Bertz CT molecular complexity index is 412. The van der Waals surface area contributed by atoms with Gasteiger partial charge in [0.15, 0.2) is 5.84 Å². The molecule has 0 amide bonds. The minimum Gasteiger partial charge on any atom is -0.409 e. The van der Waals surface area contributed by atoms with E-state index in [1.165, 1.54) is 0 Å². The molecule has 17 heavy (non-hydrogen) atoms. The number of nitrogens with zero attached hydrogens (tertiary/aromatic N) is 1. The lowest BCUT2D eigenvalue weighted by Gasteiger charge is -2.13. The van der Waals surface area contributed by atoms with E-state index >= 15 is 0 Å². The van der Waals surface area contributed by atoms with Gasteiger partial charge in [-0.25, -0.2) is 0 Å². The lowest BCUT2D eigenvalue weighted by atomic mass is 10.2. The third kappa shape index (κ3) is 4.11. The van der Waals surface area contributed by atoms with E-state index in [0.717, 1.165) is 4.90 Å². The van der Waals surface area contributed by atoms with E-state index in [4.69, 9.17) is 27.6 Å². The zero-order valence-electron chi connectivity index (χ0n) is 9.43. The van der Waals surface area contributed by atoms with Crippen LogP contribution in [-0.4, -0.2) is 28.0 Å². The van der Waals surface area contributed by atoms with E-state index in [1.807, 2.05) is 13.0 Å². The Labute approximate surface area is 109 Å². The van der Waals surface area contributed by atoms with Gasteiger partial charge in [-0.15, -0.1) is 11.8 Å². The van der Waals surface area contributed by atoms with Crippen molar-refractivity contribution in [2.24, 2.45) is 10.9 Å². The molecule has 1 aromatic rings. The molecule has 0 radical (unpaired) electrons. The number of benzene rings is 1. The normalized spacial score (nSPS) is 13.7. The highest BCUT2D eigenvalue weighted by Gasteiger charge is 2.11. The quantitative estimate of drug-likeness (QED) is 0.253. The summed E-state index contributed by atoms with van der Waals surface area (Å²) in [4.78, 5) is 0.880. The van der Waals surface area contributed by atoms with E-state index in [1.54, 1.807) is 23.9 Å². The average Bonchev–Trinajstić information content (AvgIpc) is 2.30. The summed E-state index contributed by atoms with van der Waals surface area (Å²) >= 11 is 7.43. The SMILES string of the molecule is CC(CCO)Sc1ccc(Cl)cc1C(N)=NO. The Balaban J connectivity index is 2.98. The Hall–Kier alpha value is -0.910. The van der Waals surface area contributed by atoms with Gasteiger partial charge >= 0.3 is 0 Å². The van der Waals surface area contributed by atoms with Crippen LogP contribution in [0.2, 0.25) is 5.02 Å². The summed E-state index contributed by atoms with van der Waals surface area (Å²) in [5.41, 5.74) is 6.20. The maximum Gasteiger partial charge on any atom is 0.171 e. The fourth-order valence-corrected chi connectivity index (χ4v) is 2.58. The van der Waals surface area contributed by atoms with E-state index in [9.17, 15) is 0 Å². The second-order valence-corrected chi connectivity index (χ2v) is 5.48. The molecule has 0 aromatic heterocycles. The van der Waals surface area contributed by atoms with Crippen LogP contribution < -0.4 is 5.73 Å². The minimum absolute atomic E-state index is 0.0335. The summed E-state index contributed by atoms with van der Waals surface area (Å²) in [5.74, 6) is 0.0335. The molecule has 0 heterocycles. The van der Waals surface area contributed by atoms with Crippen LogP contribution in [0, 0.1) is 0 Å². The molecule has 4 N–H and O–H groups in total. The fraction of sp³-hybridized carbons (Fsp3) is 0.364. The molecule has 0 fully saturated rings. The molecular weight excluding hydrogens is 260 g/mol. The molecule has 6 heteroatoms. The van der Waals surface area contributed by atoms with Crippen molar-refractivity contribution < 1.29 is 10.3 Å². The molecule has 1 aromatic carbocycles. The maximum absolute atomic E-state index is 8.86. The molecule has 0 aliphatic rings.